The van der Waals surface area contributed by atoms with E-state index in [4.69, 9.17) is 0 Å². The molecule has 0 heterocycles. The minimum Gasteiger partial charge on any atom is -0.0654 e. The maximum Gasteiger partial charge on any atom is 0.0367 e. The van der Waals surface area contributed by atoms with E-state index in [1.807, 2.05) is 0 Å². The van der Waals surface area contributed by atoms with Gasteiger partial charge < -0.3 is 0 Å². The molecule has 67 heavy (non-hydrogen) atoms. The summed E-state index contributed by atoms with van der Waals surface area (Å²) < 4.78 is 0. The largest absolute Gasteiger partial charge is 0.0654 e. The third-order valence-electron chi connectivity index (χ3n) is 16.4. The van der Waals surface area contributed by atoms with Crippen LogP contribution in [-0.2, 0) is 0 Å². The van der Waals surface area contributed by atoms with Crippen molar-refractivity contribution >= 4 is 8.80 Å². The van der Waals surface area contributed by atoms with E-state index in [-0.39, 0.29) is 0 Å². The average molecular weight is 958 g/mol. The van der Waals surface area contributed by atoms with Crippen molar-refractivity contribution in [2.75, 3.05) is 0 Å². The molecule has 0 aliphatic rings. The molecule has 0 aliphatic carbocycles. The highest BCUT2D eigenvalue weighted by atomic mass is 28.3. The molecule has 0 rings (SSSR count). The zero-order valence-electron chi connectivity index (χ0n) is 48.1. The van der Waals surface area contributed by atoms with Crippen LogP contribution in [0.15, 0.2) is 0 Å². The third kappa shape index (κ3) is 62.3. The average Bonchev–Trinajstić information content (AvgIpc) is 3.34. The minimum absolute atomic E-state index is 0.530. The smallest absolute Gasteiger partial charge is 0.0367 e. The SMILES string of the molecule is CCCCCCCCCCCCCCCCCCCCCC[SiH](CCCCCCCCCCCCCCCCCCCCCC)CCCCCCCCCCCCCCCCCCCCCC. The van der Waals surface area contributed by atoms with Gasteiger partial charge in [-0.15, -0.1) is 0 Å². The van der Waals surface area contributed by atoms with Crippen LogP contribution < -0.4 is 0 Å². The van der Waals surface area contributed by atoms with Gasteiger partial charge in [0.2, 0.25) is 0 Å². The lowest BCUT2D eigenvalue weighted by atomic mass is 10.0. The Labute approximate surface area is 430 Å². The number of hydrogen-bond acceptors (Lipinski definition) is 0. The van der Waals surface area contributed by atoms with Gasteiger partial charge >= 0.3 is 0 Å². The fraction of sp³-hybridized carbons (Fsp3) is 1.00. The Bertz CT molecular complexity index is 701. The van der Waals surface area contributed by atoms with Crippen molar-refractivity contribution in [3.8, 4) is 0 Å². The summed E-state index contributed by atoms with van der Waals surface area (Å²) in [7, 11) is -0.530. The van der Waals surface area contributed by atoms with E-state index >= 15 is 0 Å². The first kappa shape index (κ1) is 67.2. The van der Waals surface area contributed by atoms with Crippen molar-refractivity contribution < 1.29 is 0 Å². The molecule has 0 nitrogen and oxygen atoms in total. The van der Waals surface area contributed by atoms with E-state index in [1.54, 1.807) is 56.7 Å². The van der Waals surface area contributed by atoms with E-state index in [0.717, 1.165) is 0 Å². The molecule has 0 fully saturated rings. The maximum atomic E-state index is 2.32. The molecule has 0 amide bonds. The molecule has 0 atom stereocenters. The van der Waals surface area contributed by atoms with Crippen LogP contribution in [-0.4, -0.2) is 8.80 Å². The standard InChI is InChI=1S/C66H136Si/c1-4-7-10-13-16-19-22-25-28-31-34-37-40-43-46-49-52-55-58-61-64-67(65-62-59-56-53-50-47-44-41-38-35-32-29-26-23-20-17-14-11-8-5-2)66-63-60-57-54-51-48-45-42-39-36-33-30-27-24-21-18-15-12-9-6-3/h67H,4-66H2,1-3H3. The predicted molar refractivity (Wildman–Crippen MR) is 316 cm³/mol. The first-order chi connectivity index (χ1) is 33.3. The second kappa shape index (κ2) is 64.2. The van der Waals surface area contributed by atoms with Crippen LogP contribution in [0.5, 0.6) is 0 Å². The van der Waals surface area contributed by atoms with Crippen LogP contribution in [0.2, 0.25) is 18.1 Å². The summed E-state index contributed by atoms with van der Waals surface area (Å²) in [6.45, 7) is 6.97. The lowest BCUT2D eigenvalue weighted by Crippen LogP contribution is -2.12. The maximum absolute atomic E-state index is 2.32. The van der Waals surface area contributed by atoms with E-state index < -0.39 is 8.80 Å². The van der Waals surface area contributed by atoms with Crippen LogP contribution in [0.25, 0.3) is 0 Å². The zero-order valence-corrected chi connectivity index (χ0v) is 49.3. The molecule has 0 unspecified atom stereocenters. The molecule has 404 valence electrons. The summed E-state index contributed by atoms with van der Waals surface area (Å²) >= 11 is 0. The van der Waals surface area contributed by atoms with Crippen molar-refractivity contribution in [3.63, 3.8) is 0 Å². The van der Waals surface area contributed by atoms with Crippen LogP contribution in [0.4, 0.5) is 0 Å². The molecule has 0 saturated heterocycles. The topological polar surface area (TPSA) is 0 Å². The predicted octanol–water partition coefficient (Wildman–Crippen LogP) is 25.7. The Kier molecular flexibility index (Phi) is 64.4. The molecule has 0 N–H and O–H groups in total. The summed E-state index contributed by atoms with van der Waals surface area (Å²) in [6, 6.07) is 5.03. The Balaban J connectivity index is 3.97. The van der Waals surface area contributed by atoms with Crippen LogP contribution in [0.3, 0.4) is 0 Å². The van der Waals surface area contributed by atoms with E-state index in [2.05, 4.69) is 20.8 Å². The number of rotatable bonds is 63. The highest BCUT2D eigenvalue weighted by Crippen LogP contribution is 2.23. The van der Waals surface area contributed by atoms with Gasteiger partial charge in [-0.2, -0.15) is 0 Å². The monoisotopic (exact) mass is 957 g/mol. The van der Waals surface area contributed by atoms with Gasteiger partial charge in [0.15, 0.2) is 0 Å². The van der Waals surface area contributed by atoms with E-state index in [1.165, 1.54) is 347 Å². The molecular formula is C66H136Si. The lowest BCUT2D eigenvalue weighted by Gasteiger charge is -2.15. The second-order valence-electron chi connectivity index (χ2n) is 23.4. The summed E-state index contributed by atoms with van der Waals surface area (Å²) in [5.41, 5.74) is 0. The van der Waals surface area contributed by atoms with Gasteiger partial charge in [-0.1, -0.05) is 424 Å². The molecule has 0 aliphatic heterocycles. The normalized spacial score (nSPS) is 11.8. The van der Waals surface area contributed by atoms with Gasteiger partial charge in [0, 0.05) is 8.80 Å². The van der Waals surface area contributed by atoms with E-state index in [9.17, 15) is 0 Å². The Morgan fingerprint density at radius 3 is 0.313 bits per heavy atom. The first-order valence-corrected chi connectivity index (χ1v) is 35.8. The molecule has 0 aromatic rings. The summed E-state index contributed by atoms with van der Waals surface area (Å²) in [5.74, 6) is 0. The van der Waals surface area contributed by atoms with Crippen molar-refractivity contribution in [2.45, 2.75) is 424 Å². The molecule has 1 heteroatoms. The summed E-state index contributed by atoms with van der Waals surface area (Å²) in [6.07, 6.45) is 89.8. The van der Waals surface area contributed by atoms with Gasteiger partial charge in [-0.25, -0.2) is 0 Å². The molecule has 0 bridgehead atoms. The Morgan fingerprint density at radius 1 is 0.119 bits per heavy atom. The minimum atomic E-state index is -0.530. The van der Waals surface area contributed by atoms with Crippen LogP contribution in [0.1, 0.15) is 406 Å². The van der Waals surface area contributed by atoms with Crippen molar-refractivity contribution in [2.24, 2.45) is 0 Å². The molecule has 0 radical (unpaired) electrons. The van der Waals surface area contributed by atoms with Crippen LogP contribution >= 0.6 is 0 Å². The van der Waals surface area contributed by atoms with Gasteiger partial charge in [-0.3, -0.25) is 0 Å². The highest BCUT2D eigenvalue weighted by molar-refractivity contribution is 6.58. The van der Waals surface area contributed by atoms with Crippen molar-refractivity contribution in [1.29, 1.82) is 0 Å². The quantitative estimate of drug-likeness (QED) is 0.0421. The van der Waals surface area contributed by atoms with E-state index in [0.29, 0.717) is 0 Å². The van der Waals surface area contributed by atoms with Gasteiger partial charge in [0.25, 0.3) is 0 Å². The zero-order chi connectivity index (χ0) is 48.1. The van der Waals surface area contributed by atoms with Crippen molar-refractivity contribution in [3.05, 3.63) is 0 Å². The molecule has 0 aromatic heterocycles. The molecular weight excluding hydrogens is 821 g/mol. The first-order valence-electron chi connectivity index (χ1n) is 33.3. The van der Waals surface area contributed by atoms with Crippen molar-refractivity contribution in [1.82, 2.24) is 0 Å². The van der Waals surface area contributed by atoms with Gasteiger partial charge in [-0.05, 0) is 0 Å². The second-order valence-corrected chi connectivity index (χ2v) is 26.8. The third-order valence-corrected chi connectivity index (χ3v) is 20.1. The molecule has 0 spiro atoms. The molecule has 0 saturated carbocycles. The Morgan fingerprint density at radius 2 is 0.209 bits per heavy atom. The highest BCUT2D eigenvalue weighted by Gasteiger charge is 2.11. The number of unbranched alkanes of at least 4 members (excludes halogenated alkanes) is 57. The van der Waals surface area contributed by atoms with Gasteiger partial charge in [0.1, 0.15) is 0 Å². The fourth-order valence-electron chi connectivity index (χ4n) is 11.5. The summed E-state index contributed by atoms with van der Waals surface area (Å²) in [5, 5.41) is 0. The molecule has 0 aromatic carbocycles. The number of hydrogen-bond donors (Lipinski definition) is 0. The Hall–Kier alpha value is 0.217. The fourth-order valence-corrected chi connectivity index (χ4v) is 15.0. The van der Waals surface area contributed by atoms with Crippen LogP contribution in [0, 0.1) is 0 Å². The summed E-state index contributed by atoms with van der Waals surface area (Å²) in [4.78, 5) is 0. The lowest BCUT2D eigenvalue weighted by molar-refractivity contribution is 0.522. The van der Waals surface area contributed by atoms with Gasteiger partial charge in [0.05, 0.1) is 0 Å².